The summed E-state index contributed by atoms with van der Waals surface area (Å²) in [5.41, 5.74) is 6.35. The molecule has 154 valence electrons. The first-order valence-corrected chi connectivity index (χ1v) is 11.0. The zero-order chi connectivity index (χ0) is 21.4. The van der Waals surface area contributed by atoms with Crippen LogP contribution < -0.4 is 15.2 Å². The molecular weight excluding hydrogens is 412 g/mol. The Morgan fingerprint density at radius 3 is 2.24 bits per heavy atom. The van der Waals surface area contributed by atoms with E-state index in [1.165, 1.54) is 23.6 Å². The summed E-state index contributed by atoms with van der Waals surface area (Å²) in [5.74, 6) is -0.287. The third-order valence-corrected chi connectivity index (χ3v) is 5.69. The second-order valence-electron chi connectivity index (χ2n) is 6.12. The Kier molecular flexibility index (Phi) is 7.63. The van der Waals surface area contributed by atoms with Gasteiger partial charge in [-0.25, -0.2) is 13.2 Å². The van der Waals surface area contributed by atoms with E-state index in [0.717, 1.165) is 22.8 Å². The highest BCUT2D eigenvalue weighted by Crippen LogP contribution is 2.25. The number of hydrogen-bond donors (Lipinski definition) is 3. The highest BCUT2D eigenvalue weighted by molar-refractivity contribution is 7.92. The molecule has 0 aliphatic carbocycles. The summed E-state index contributed by atoms with van der Waals surface area (Å²) in [7, 11) is -3.75. The predicted molar refractivity (Wildman–Crippen MR) is 115 cm³/mol. The van der Waals surface area contributed by atoms with Gasteiger partial charge in [0.05, 0.1) is 16.7 Å². The van der Waals surface area contributed by atoms with Crippen molar-refractivity contribution >= 4 is 38.7 Å². The van der Waals surface area contributed by atoms with Crippen LogP contribution in [0.4, 0.5) is 11.4 Å². The molecule has 3 rings (SSSR count). The van der Waals surface area contributed by atoms with E-state index in [4.69, 9.17) is 15.6 Å². The number of ether oxygens (including phenoxy) is 1. The molecule has 0 spiro atoms. The van der Waals surface area contributed by atoms with Gasteiger partial charge in [-0.05, 0) is 61.7 Å². The first kappa shape index (κ1) is 22.3. The van der Waals surface area contributed by atoms with Gasteiger partial charge in [-0.15, -0.1) is 11.3 Å². The lowest BCUT2D eigenvalue weighted by Gasteiger charge is -2.08. The molecule has 0 aliphatic rings. The van der Waals surface area contributed by atoms with Crippen LogP contribution in [-0.2, 0) is 10.0 Å². The number of nitrogens with one attached hydrogen (secondary N) is 1. The number of sulfonamides is 1. The average molecular weight is 435 g/mol. The summed E-state index contributed by atoms with van der Waals surface area (Å²) in [6, 6.07) is 16.6. The number of thiophene rings is 1. The van der Waals surface area contributed by atoms with Crippen LogP contribution >= 0.6 is 11.3 Å². The van der Waals surface area contributed by atoms with Crippen LogP contribution in [0.2, 0.25) is 0 Å². The highest BCUT2D eigenvalue weighted by Gasteiger charge is 2.19. The summed E-state index contributed by atoms with van der Waals surface area (Å²) in [6.45, 7) is 3.99. The van der Waals surface area contributed by atoms with Crippen molar-refractivity contribution in [1.29, 1.82) is 0 Å². The van der Waals surface area contributed by atoms with Gasteiger partial charge in [0.2, 0.25) is 0 Å². The molecule has 3 aromatic rings. The SMILES string of the molecule is CC(C)Oc1ccc(N)cc1.O=C(O)c1sccc1NS(=O)(=O)c1ccccc1. The van der Waals surface area contributed by atoms with Crippen molar-refractivity contribution in [3.05, 3.63) is 70.9 Å². The van der Waals surface area contributed by atoms with Crippen LogP contribution in [-0.4, -0.2) is 25.6 Å². The maximum absolute atomic E-state index is 12.0. The Morgan fingerprint density at radius 2 is 1.69 bits per heavy atom. The largest absolute Gasteiger partial charge is 0.491 e. The first-order valence-electron chi connectivity index (χ1n) is 8.60. The van der Waals surface area contributed by atoms with Gasteiger partial charge in [0.15, 0.2) is 0 Å². The van der Waals surface area contributed by atoms with E-state index in [2.05, 4.69) is 4.72 Å². The molecule has 0 amide bonds. The maximum Gasteiger partial charge on any atom is 0.348 e. The molecule has 2 aromatic carbocycles. The summed E-state index contributed by atoms with van der Waals surface area (Å²) < 4.78 is 31.6. The number of rotatable bonds is 6. The molecular formula is C20H22N2O5S2. The number of hydrogen-bond acceptors (Lipinski definition) is 6. The van der Waals surface area contributed by atoms with Gasteiger partial charge in [0, 0.05) is 5.69 Å². The number of carboxylic acid groups (broad SMARTS) is 1. The lowest BCUT2D eigenvalue weighted by atomic mass is 10.3. The normalized spacial score (nSPS) is 10.7. The summed E-state index contributed by atoms with van der Waals surface area (Å²) in [5, 5.41) is 10.4. The zero-order valence-electron chi connectivity index (χ0n) is 15.9. The van der Waals surface area contributed by atoms with E-state index in [9.17, 15) is 13.2 Å². The van der Waals surface area contributed by atoms with Crippen molar-refractivity contribution in [3.8, 4) is 5.75 Å². The van der Waals surface area contributed by atoms with E-state index in [0.29, 0.717) is 0 Å². The molecule has 0 unspecified atom stereocenters. The van der Waals surface area contributed by atoms with E-state index in [1.54, 1.807) is 18.2 Å². The maximum atomic E-state index is 12.0. The van der Waals surface area contributed by atoms with Crippen LogP contribution in [0.5, 0.6) is 5.75 Å². The molecule has 1 aromatic heterocycles. The minimum atomic E-state index is -3.75. The molecule has 0 fully saturated rings. The molecule has 0 atom stereocenters. The van der Waals surface area contributed by atoms with Crippen molar-refractivity contribution in [2.45, 2.75) is 24.8 Å². The molecule has 7 nitrogen and oxygen atoms in total. The second-order valence-corrected chi connectivity index (χ2v) is 8.72. The molecule has 4 N–H and O–H groups in total. The molecule has 1 heterocycles. The van der Waals surface area contributed by atoms with Crippen LogP contribution in [0.1, 0.15) is 23.5 Å². The molecule has 0 aliphatic heterocycles. The van der Waals surface area contributed by atoms with Crippen molar-refractivity contribution in [2.75, 3.05) is 10.5 Å². The number of nitrogens with two attached hydrogens (primary N) is 1. The number of nitrogen functional groups attached to an aromatic ring is 1. The standard InChI is InChI=1S/C11H9NO4S2.C9H13NO/c13-11(14)10-9(6-7-17-10)12-18(15,16)8-4-2-1-3-5-8;1-7(2)11-9-5-3-8(10)4-6-9/h1-7,12H,(H,13,14);3-7H,10H2,1-2H3. The van der Waals surface area contributed by atoms with E-state index in [1.807, 2.05) is 38.1 Å². The third kappa shape index (κ3) is 6.81. The van der Waals surface area contributed by atoms with Gasteiger partial charge in [-0.3, -0.25) is 4.72 Å². The molecule has 0 saturated carbocycles. The van der Waals surface area contributed by atoms with Crippen LogP contribution in [0.25, 0.3) is 0 Å². The van der Waals surface area contributed by atoms with Gasteiger partial charge in [-0.2, -0.15) is 0 Å². The van der Waals surface area contributed by atoms with Gasteiger partial charge in [0.25, 0.3) is 10.0 Å². The van der Waals surface area contributed by atoms with E-state index < -0.39 is 16.0 Å². The molecule has 0 radical (unpaired) electrons. The smallest absolute Gasteiger partial charge is 0.348 e. The average Bonchev–Trinajstić information content (AvgIpc) is 3.12. The third-order valence-electron chi connectivity index (χ3n) is 3.41. The summed E-state index contributed by atoms with van der Waals surface area (Å²) in [6.07, 6.45) is 0.221. The lowest BCUT2D eigenvalue weighted by molar-refractivity contribution is 0.0703. The van der Waals surface area contributed by atoms with Gasteiger partial charge >= 0.3 is 5.97 Å². The number of benzene rings is 2. The number of anilines is 2. The molecule has 0 saturated heterocycles. The summed E-state index contributed by atoms with van der Waals surface area (Å²) in [4.78, 5) is 10.9. The van der Waals surface area contributed by atoms with Crippen molar-refractivity contribution in [2.24, 2.45) is 0 Å². The van der Waals surface area contributed by atoms with Gasteiger partial charge < -0.3 is 15.6 Å². The number of aromatic carboxylic acids is 1. The van der Waals surface area contributed by atoms with Crippen molar-refractivity contribution in [3.63, 3.8) is 0 Å². The van der Waals surface area contributed by atoms with Crippen molar-refractivity contribution < 1.29 is 23.1 Å². The predicted octanol–water partition coefficient (Wildman–Crippen LogP) is 4.30. The second kappa shape index (κ2) is 9.94. The Labute approximate surface area is 173 Å². The fraction of sp³-hybridized carbons (Fsp3) is 0.150. The fourth-order valence-electron chi connectivity index (χ4n) is 2.18. The monoisotopic (exact) mass is 434 g/mol. The van der Waals surface area contributed by atoms with Gasteiger partial charge in [0.1, 0.15) is 10.6 Å². The van der Waals surface area contributed by atoms with Gasteiger partial charge in [-0.1, -0.05) is 18.2 Å². The Bertz CT molecular complexity index is 1030. The topological polar surface area (TPSA) is 119 Å². The molecule has 0 bridgehead atoms. The van der Waals surface area contributed by atoms with E-state index >= 15 is 0 Å². The van der Waals surface area contributed by atoms with E-state index in [-0.39, 0.29) is 21.6 Å². The quantitative estimate of drug-likeness (QED) is 0.498. The Balaban J connectivity index is 0.000000234. The number of carbonyl (C=O) groups is 1. The van der Waals surface area contributed by atoms with Crippen LogP contribution in [0.15, 0.2) is 70.9 Å². The number of carboxylic acids is 1. The minimum Gasteiger partial charge on any atom is -0.491 e. The lowest BCUT2D eigenvalue weighted by Crippen LogP contribution is -2.14. The first-order chi connectivity index (χ1) is 13.7. The van der Waals surface area contributed by atoms with Crippen LogP contribution in [0.3, 0.4) is 0 Å². The minimum absolute atomic E-state index is 0.0329. The Hall–Kier alpha value is -3.04. The fourth-order valence-corrected chi connectivity index (χ4v) is 4.02. The van der Waals surface area contributed by atoms with Crippen molar-refractivity contribution in [1.82, 2.24) is 0 Å². The zero-order valence-corrected chi connectivity index (χ0v) is 17.5. The molecule has 9 heteroatoms. The highest BCUT2D eigenvalue weighted by atomic mass is 32.2. The summed E-state index contributed by atoms with van der Waals surface area (Å²) >= 11 is 0.967. The Morgan fingerprint density at radius 1 is 1.07 bits per heavy atom. The van der Waals surface area contributed by atoms with Crippen LogP contribution in [0, 0.1) is 0 Å². The molecule has 29 heavy (non-hydrogen) atoms.